The summed E-state index contributed by atoms with van der Waals surface area (Å²) in [5, 5.41) is 2.42. The molecular weight excluding hydrogens is 267 g/mol. The number of rotatable bonds is 5. The second-order valence-corrected chi connectivity index (χ2v) is 4.66. The smallest absolute Gasteiger partial charge is 0.306 e. The quantitative estimate of drug-likeness (QED) is 0.790. The molecule has 0 bridgehead atoms. The van der Waals surface area contributed by atoms with Crippen molar-refractivity contribution in [3.05, 3.63) is 35.4 Å². The van der Waals surface area contributed by atoms with Gasteiger partial charge in [-0.3, -0.25) is 9.78 Å². The molecule has 19 heavy (non-hydrogen) atoms. The molecule has 2 rings (SSSR count). The third-order valence-electron chi connectivity index (χ3n) is 2.45. The van der Waals surface area contributed by atoms with E-state index in [-0.39, 0.29) is 12.4 Å². The van der Waals surface area contributed by atoms with Gasteiger partial charge in [0.1, 0.15) is 5.01 Å². The SMILES string of the molecule is CCOC(=O)CCc1csc(-c2ccncc2F)n1. The van der Waals surface area contributed by atoms with Crippen LogP contribution in [0.3, 0.4) is 0 Å². The van der Waals surface area contributed by atoms with E-state index in [1.807, 2.05) is 5.38 Å². The fourth-order valence-corrected chi connectivity index (χ4v) is 2.44. The van der Waals surface area contributed by atoms with E-state index in [0.29, 0.717) is 23.6 Å². The molecule has 0 aromatic carbocycles. The Morgan fingerprint density at radius 3 is 3.11 bits per heavy atom. The first-order chi connectivity index (χ1) is 9.20. The number of aryl methyl sites for hydroxylation is 1. The number of thiazole rings is 1. The Morgan fingerprint density at radius 1 is 1.53 bits per heavy atom. The van der Waals surface area contributed by atoms with Gasteiger partial charge in [0.2, 0.25) is 0 Å². The van der Waals surface area contributed by atoms with Crippen LogP contribution in [0.15, 0.2) is 23.8 Å². The number of nitrogens with zero attached hydrogens (tertiary/aromatic N) is 2. The molecule has 100 valence electrons. The number of hydrogen-bond donors (Lipinski definition) is 0. The molecule has 0 amide bonds. The second kappa shape index (κ2) is 6.38. The first-order valence-corrected chi connectivity index (χ1v) is 6.78. The number of halogens is 1. The van der Waals surface area contributed by atoms with Gasteiger partial charge in [0, 0.05) is 23.6 Å². The fraction of sp³-hybridized carbons (Fsp3) is 0.308. The Labute approximate surface area is 114 Å². The molecule has 0 saturated carbocycles. The third kappa shape index (κ3) is 3.57. The van der Waals surface area contributed by atoms with Crippen molar-refractivity contribution < 1.29 is 13.9 Å². The van der Waals surface area contributed by atoms with Gasteiger partial charge in [-0.1, -0.05) is 0 Å². The van der Waals surface area contributed by atoms with Crippen molar-refractivity contribution in [3.63, 3.8) is 0 Å². The summed E-state index contributed by atoms with van der Waals surface area (Å²) < 4.78 is 18.4. The molecule has 2 heterocycles. The van der Waals surface area contributed by atoms with E-state index < -0.39 is 5.82 Å². The molecule has 0 spiro atoms. The Hall–Kier alpha value is -1.82. The molecule has 0 fully saturated rings. The van der Waals surface area contributed by atoms with Crippen LogP contribution in [0, 0.1) is 5.82 Å². The second-order valence-electron chi connectivity index (χ2n) is 3.80. The first kappa shape index (κ1) is 13.6. The molecule has 0 aliphatic carbocycles. The number of carbonyl (C=O) groups excluding carboxylic acids is 1. The predicted octanol–water partition coefficient (Wildman–Crippen LogP) is 2.84. The minimum absolute atomic E-state index is 0.243. The lowest BCUT2D eigenvalue weighted by Gasteiger charge is -1.99. The van der Waals surface area contributed by atoms with E-state index >= 15 is 0 Å². The molecule has 0 aliphatic rings. The van der Waals surface area contributed by atoms with Crippen LogP contribution in [0.2, 0.25) is 0 Å². The van der Waals surface area contributed by atoms with E-state index in [1.165, 1.54) is 17.5 Å². The molecule has 2 aromatic rings. The van der Waals surface area contributed by atoms with Crippen LogP contribution in [-0.2, 0) is 16.0 Å². The first-order valence-electron chi connectivity index (χ1n) is 5.90. The van der Waals surface area contributed by atoms with Crippen LogP contribution < -0.4 is 0 Å². The van der Waals surface area contributed by atoms with Gasteiger partial charge in [-0.25, -0.2) is 9.37 Å². The van der Waals surface area contributed by atoms with Gasteiger partial charge in [0.05, 0.1) is 24.9 Å². The van der Waals surface area contributed by atoms with E-state index in [4.69, 9.17) is 4.74 Å². The van der Waals surface area contributed by atoms with E-state index in [1.54, 1.807) is 13.0 Å². The Morgan fingerprint density at radius 2 is 2.37 bits per heavy atom. The van der Waals surface area contributed by atoms with E-state index in [2.05, 4.69) is 9.97 Å². The molecule has 0 aliphatic heterocycles. The van der Waals surface area contributed by atoms with Crippen molar-refractivity contribution in [2.24, 2.45) is 0 Å². The van der Waals surface area contributed by atoms with Crippen molar-refractivity contribution in [2.75, 3.05) is 6.61 Å². The molecule has 0 N–H and O–H groups in total. The average molecular weight is 280 g/mol. The predicted molar refractivity (Wildman–Crippen MR) is 70.3 cm³/mol. The Balaban J connectivity index is 2.04. The van der Waals surface area contributed by atoms with Crippen molar-refractivity contribution >= 4 is 17.3 Å². The standard InChI is InChI=1S/C13H13FN2O2S/c1-2-18-12(17)4-3-9-8-19-13(16-9)10-5-6-15-7-11(10)14/h5-8H,2-4H2,1H3. The van der Waals surface area contributed by atoms with Gasteiger partial charge in [0.25, 0.3) is 0 Å². The highest BCUT2D eigenvalue weighted by atomic mass is 32.1. The monoisotopic (exact) mass is 280 g/mol. The summed E-state index contributed by atoms with van der Waals surface area (Å²) in [6.45, 7) is 2.15. The van der Waals surface area contributed by atoms with Crippen molar-refractivity contribution in [3.8, 4) is 10.6 Å². The summed E-state index contributed by atoms with van der Waals surface area (Å²) in [5.41, 5.74) is 1.20. The van der Waals surface area contributed by atoms with E-state index in [0.717, 1.165) is 11.9 Å². The van der Waals surface area contributed by atoms with Crippen molar-refractivity contribution in [1.29, 1.82) is 0 Å². The van der Waals surface area contributed by atoms with Gasteiger partial charge < -0.3 is 4.74 Å². The summed E-state index contributed by atoms with van der Waals surface area (Å²) in [4.78, 5) is 19.2. The molecule has 6 heteroatoms. The maximum absolute atomic E-state index is 13.5. The number of hydrogen-bond acceptors (Lipinski definition) is 5. The minimum Gasteiger partial charge on any atom is -0.466 e. The van der Waals surface area contributed by atoms with Crippen LogP contribution in [0.1, 0.15) is 19.0 Å². The molecule has 0 unspecified atom stereocenters. The van der Waals surface area contributed by atoms with Crippen LogP contribution in [0.5, 0.6) is 0 Å². The van der Waals surface area contributed by atoms with Crippen LogP contribution in [-0.4, -0.2) is 22.5 Å². The topological polar surface area (TPSA) is 52.1 Å². The largest absolute Gasteiger partial charge is 0.466 e. The van der Waals surface area contributed by atoms with Crippen molar-refractivity contribution in [2.45, 2.75) is 19.8 Å². The lowest BCUT2D eigenvalue weighted by Crippen LogP contribution is -2.05. The molecule has 0 atom stereocenters. The number of esters is 1. The summed E-state index contributed by atoms with van der Waals surface area (Å²) in [5.74, 6) is -0.638. The van der Waals surface area contributed by atoms with Gasteiger partial charge in [-0.2, -0.15) is 0 Å². The molecule has 0 saturated heterocycles. The lowest BCUT2D eigenvalue weighted by molar-refractivity contribution is -0.143. The summed E-state index contributed by atoms with van der Waals surface area (Å²) in [6, 6.07) is 1.59. The zero-order valence-electron chi connectivity index (χ0n) is 10.4. The van der Waals surface area contributed by atoms with Gasteiger partial charge in [-0.05, 0) is 13.0 Å². The van der Waals surface area contributed by atoms with Gasteiger partial charge >= 0.3 is 5.97 Å². The maximum atomic E-state index is 13.5. The number of aromatic nitrogens is 2. The number of ether oxygens (including phenoxy) is 1. The number of pyridine rings is 1. The highest BCUT2D eigenvalue weighted by molar-refractivity contribution is 7.13. The van der Waals surface area contributed by atoms with Crippen LogP contribution >= 0.6 is 11.3 Å². The third-order valence-corrected chi connectivity index (χ3v) is 3.37. The fourth-order valence-electron chi connectivity index (χ4n) is 1.56. The van der Waals surface area contributed by atoms with Gasteiger partial charge in [-0.15, -0.1) is 11.3 Å². The van der Waals surface area contributed by atoms with E-state index in [9.17, 15) is 9.18 Å². The molecule has 0 radical (unpaired) electrons. The summed E-state index contributed by atoms with van der Waals surface area (Å²) >= 11 is 1.35. The highest BCUT2D eigenvalue weighted by Gasteiger charge is 2.10. The number of carbonyl (C=O) groups is 1. The summed E-state index contributed by atoms with van der Waals surface area (Å²) in [6.07, 6.45) is 3.48. The molecule has 2 aromatic heterocycles. The average Bonchev–Trinajstić information content (AvgIpc) is 2.86. The lowest BCUT2D eigenvalue weighted by atomic mass is 10.2. The molecule has 4 nitrogen and oxygen atoms in total. The zero-order valence-corrected chi connectivity index (χ0v) is 11.2. The maximum Gasteiger partial charge on any atom is 0.306 e. The Kier molecular flexibility index (Phi) is 4.57. The normalized spacial score (nSPS) is 10.4. The highest BCUT2D eigenvalue weighted by Crippen LogP contribution is 2.25. The zero-order chi connectivity index (χ0) is 13.7. The minimum atomic E-state index is -0.395. The van der Waals surface area contributed by atoms with Crippen molar-refractivity contribution in [1.82, 2.24) is 9.97 Å². The molecular formula is C13H13FN2O2S. The van der Waals surface area contributed by atoms with Crippen LogP contribution in [0.25, 0.3) is 10.6 Å². The van der Waals surface area contributed by atoms with Gasteiger partial charge in [0.15, 0.2) is 5.82 Å². The van der Waals surface area contributed by atoms with Crippen LogP contribution in [0.4, 0.5) is 4.39 Å². The summed E-state index contributed by atoms with van der Waals surface area (Å²) in [7, 11) is 0. The Bertz CT molecular complexity index is 571.